The Balaban J connectivity index is 1.39. The number of carbonyl (C=O) groups excluding carboxylic acids is 3. The molecule has 1 aliphatic rings. The zero-order valence-corrected chi connectivity index (χ0v) is 28.3. The molecule has 3 atom stereocenters. The molecule has 3 aromatic rings. The molecule has 1 heterocycles. The van der Waals surface area contributed by atoms with Crippen LogP contribution in [-0.4, -0.2) is 77.4 Å². The summed E-state index contributed by atoms with van der Waals surface area (Å²) in [6, 6.07) is 15.8. The van der Waals surface area contributed by atoms with Crippen LogP contribution >= 0.6 is 0 Å². The monoisotopic (exact) mass is 710 g/mol. The number of nitrogens with one attached hydrogen (secondary N) is 4. The molecule has 0 aromatic heterocycles. The number of carboxylic acid groups (broad SMARTS) is 1. The number of urea groups is 1. The highest BCUT2D eigenvalue weighted by Gasteiger charge is 2.40. The summed E-state index contributed by atoms with van der Waals surface area (Å²) < 4.78 is 32.9. The van der Waals surface area contributed by atoms with Crippen LogP contribution in [0.1, 0.15) is 55.7 Å². The predicted octanol–water partition coefficient (Wildman–Crippen LogP) is 3.38. The zero-order valence-electron chi connectivity index (χ0n) is 27.5. The number of nitrogens with zero attached hydrogens (tertiary/aromatic N) is 2. The van der Waals surface area contributed by atoms with Gasteiger partial charge in [-0.1, -0.05) is 30.3 Å². The SMILES string of the molecule is CC(C)(C)OC(=O)c1ccc(NC(NC(=O)NCC(NC(=O)C2CCCN2S(=O)(=O)c2ccc([N+](=O)[O-])cc2)C(=O)O)c2ccccc2)cc1. The lowest BCUT2D eigenvalue weighted by Crippen LogP contribution is -2.55. The molecule has 0 radical (unpaired) electrons. The molecule has 50 heavy (non-hydrogen) atoms. The average Bonchev–Trinajstić information content (AvgIpc) is 3.58. The predicted molar refractivity (Wildman–Crippen MR) is 181 cm³/mol. The van der Waals surface area contributed by atoms with Gasteiger partial charge in [0.1, 0.15) is 23.9 Å². The van der Waals surface area contributed by atoms with Crippen LogP contribution in [0.25, 0.3) is 0 Å². The van der Waals surface area contributed by atoms with Crippen molar-refractivity contribution < 1.29 is 42.4 Å². The normalized spacial score (nSPS) is 16.0. The van der Waals surface area contributed by atoms with Gasteiger partial charge in [0, 0.05) is 24.4 Å². The van der Waals surface area contributed by atoms with Crippen LogP contribution in [0.5, 0.6) is 0 Å². The molecule has 1 saturated heterocycles. The number of carboxylic acids is 1. The Labute approximate surface area is 288 Å². The molecule has 1 fully saturated rings. The first-order valence-corrected chi connectivity index (χ1v) is 17.0. The summed E-state index contributed by atoms with van der Waals surface area (Å²) in [7, 11) is -4.24. The average molecular weight is 711 g/mol. The Morgan fingerprint density at radius 3 is 2.20 bits per heavy atom. The number of hydrogen-bond donors (Lipinski definition) is 5. The van der Waals surface area contributed by atoms with Crippen molar-refractivity contribution in [2.45, 2.75) is 62.4 Å². The van der Waals surface area contributed by atoms with E-state index < -0.39 is 69.2 Å². The number of hydrogen-bond acceptors (Lipinski definition) is 10. The molecule has 0 aliphatic carbocycles. The van der Waals surface area contributed by atoms with E-state index in [2.05, 4.69) is 21.3 Å². The Morgan fingerprint density at radius 2 is 1.62 bits per heavy atom. The first-order valence-electron chi connectivity index (χ1n) is 15.5. The Hall–Kier alpha value is -5.55. The van der Waals surface area contributed by atoms with Crippen LogP contribution < -0.4 is 21.3 Å². The molecule has 1 aliphatic heterocycles. The second-order valence-electron chi connectivity index (χ2n) is 12.3. The van der Waals surface area contributed by atoms with Gasteiger partial charge < -0.3 is 31.1 Å². The smallest absolute Gasteiger partial charge is 0.338 e. The minimum absolute atomic E-state index is 0.0204. The lowest BCUT2D eigenvalue weighted by atomic mass is 10.1. The van der Waals surface area contributed by atoms with Crippen molar-refractivity contribution in [3.05, 3.63) is 100 Å². The van der Waals surface area contributed by atoms with Crippen LogP contribution in [0.4, 0.5) is 16.2 Å². The third kappa shape index (κ3) is 9.76. The lowest BCUT2D eigenvalue weighted by Gasteiger charge is -2.25. The van der Waals surface area contributed by atoms with Crippen molar-refractivity contribution >= 4 is 45.3 Å². The summed E-state index contributed by atoms with van der Waals surface area (Å²) in [6.07, 6.45) is -0.375. The summed E-state index contributed by atoms with van der Waals surface area (Å²) >= 11 is 0. The van der Waals surface area contributed by atoms with Crippen LogP contribution in [0, 0.1) is 10.1 Å². The fourth-order valence-corrected chi connectivity index (χ4v) is 6.72. The van der Waals surface area contributed by atoms with Crippen molar-refractivity contribution in [3.63, 3.8) is 0 Å². The number of non-ortho nitro benzene ring substituents is 1. The van der Waals surface area contributed by atoms with E-state index in [1.165, 1.54) is 0 Å². The summed E-state index contributed by atoms with van der Waals surface area (Å²) in [5.41, 5.74) is 0.560. The van der Waals surface area contributed by atoms with Crippen molar-refractivity contribution in [2.75, 3.05) is 18.4 Å². The van der Waals surface area contributed by atoms with Gasteiger partial charge in [-0.05, 0) is 75.6 Å². The van der Waals surface area contributed by atoms with E-state index in [9.17, 15) is 42.8 Å². The van der Waals surface area contributed by atoms with Crippen LogP contribution in [0.2, 0.25) is 0 Å². The van der Waals surface area contributed by atoms with E-state index in [-0.39, 0.29) is 23.5 Å². The third-order valence-electron chi connectivity index (χ3n) is 7.48. The second kappa shape index (κ2) is 15.8. The van der Waals surface area contributed by atoms with Crippen LogP contribution in [0.3, 0.4) is 0 Å². The maximum absolute atomic E-state index is 13.3. The largest absolute Gasteiger partial charge is 0.480 e. The standard InChI is InChI=1S/C33H38N6O10S/c1-33(2,3)49-31(43)22-11-13-23(14-12-22)35-28(21-8-5-4-6-9-21)37-32(44)34-20-26(30(41)42)36-29(40)27-10-7-19-38(27)50(47,48)25-17-15-24(16-18-25)39(45)46/h4-6,8-9,11-18,26-28,35H,7,10,19-20H2,1-3H3,(H,36,40)(H,41,42)(H2,34,37,44). The number of ether oxygens (including phenoxy) is 1. The summed E-state index contributed by atoms with van der Waals surface area (Å²) in [5.74, 6) is -2.83. The van der Waals surface area contributed by atoms with Gasteiger partial charge in [-0.3, -0.25) is 14.9 Å². The molecule has 4 rings (SSSR count). The number of anilines is 1. The summed E-state index contributed by atoms with van der Waals surface area (Å²) in [5, 5.41) is 31.4. The van der Waals surface area contributed by atoms with Crippen LogP contribution in [-0.2, 0) is 24.3 Å². The first-order chi connectivity index (χ1) is 23.5. The Bertz CT molecular complexity index is 1810. The second-order valence-corrected chi connectivity index (χ2v) is 14.2. The van der Waals surface area contributed by atoms with Gasteiger partial charge in [-0.25, -0.2) is 22.8 Å². The minimum Gasteiger partial charge on any atom is -0.480 e. The highest BCUT2D eigenvalue weighted by atomic mass is 32.2. The van der Waals surface area contributed by atoms with E-state index in [4.69, 9.17) is 4.74 Å². The van der Waals surface area contributed by atoms with Crippen LogP contribution in [0.15, 0.2) is 83.8 Å². The summed E-state index contributed by atoms with van der Waals surface area (Å²) in [4.78, 5) is 60.7. The van der Waals surface area contributed by atoms with E-state index in [0.717, 1.165) is 28.6 Å². The highest BCUT2D eigenvalue weighted by Crippen LogP contribution is 2.27. The Kier molecular flexibility index (Phi) is 11.8. The van der Waals surface area contributed by atoms with E-state index in [1.54, 1.807) is 75.4 Å². The number of rotatable bonds is 13. The van der Waals surface area contributed by atoms with Gasteiger partial charge >= 0.3 is 18.0 Å². The number of carbonyl (C=O) groups is 4. The number of benzene rings is 3. The lowest BCUT2D eigenvalue weighted by molar-refractivity contribution is -0.384. The quantitative estimate of drug-likeness (QED) is 0.0748. The van der Waals surface area contributed by atoms with E-state index >= 15 is 0 Å². The molecule has 0 spiro atoms. The van der Waals surface area contributed by atoms with Gasteiger partial charge in [0.2, 0.25) is 15.9 Å². The maximum Gasteiger partial charge on any atom is 0.338 e. The molecule has 266 valence electrons. The number of esters is 1. The van der Waals surface area contributed by atoms with E-state index in [0.29, 0.717) is 23.2 Å². The molecule has 3 amide bonds. The number of sulfonamides is 1. The maximum atomic E-state index is 13.3. The Morgan fingerprint density at radius 1 is 0.980 bits per heavy atom. The fourth-order valence-electron chi connectivity index (χ4n) is 5.06. The number of nitro benzene ring substituents is 1. The minimum atomic E-state index is -4.24. The molecule has 3 aromatic carbocycles. The molecule has 0 saturated carbocycles. The molecule has 5 N–H and O–H groups in total. The van der Waals surface area contributed by atoms with Crippen molar-refractivity contribution in [1.82, 2.24) is 20.3 Å². The first kappa shape index (κ1) is 37.3. The molecule has 17 heteroatoms. The zero-order chi connectivity index (χ0) is 36.6. The van der Waals surface area contributed by atoms with Gasteiger partial charge in [-0.2, -0.15) is 4.31 Å². The summed E-state index contributed by atoms with van der Waals surface area (Å²) in [6.45, 7) is 4.72. The van der Waals surface area contributed by atoms with Gasteiger partial charge in [0.25, 0.3) is 5.69 Å². The molecule has 16 nitrogen and oxygen atoms in total. The van der Waals surface area contributed by atoms with Crippen molar-refractivity contribution in [3.8, 4) is 0 Å². The fraction of sp³-hybridized carbons (Fsp3) is 0.333. The molecule has 3 unspecified atom stereocenters. The van der Waals surface area contributed by atoms with Gasteiger partial charge in [-0.15, -0.1) is 0 Å². The van der Waals surface area contributed by atoms with Gasteiger partial charge in [0.15, 0.2) is 0 Å². The van der Waals surface area contributed by atoms with Crippen molar-refractivity contribution in [1.29, 1.82) is 0 Å². The number of aliphatic carboxylic acids is 1. The van der Waals surface area contributed by atoms with Gasteiger partial charge in [0.05, 0.1) is 21.9 Å². The number of nitro groups is 1. The molecular formula is C33H38N6O10S. The topological polar surface area (TPSA) is 226 Å². The molecular weight excluding hydrogens is 672 g/mol. The molecule has 0 bridgehead atoms. The van der Waals surface area contributed by atoms with E-state index in [1.807, 2.05) is 0 Å². The van der Waals surface area contributed by atoms with Crippen molar-refractivity contribution in [2.24, 2.45) is 0 Å². The third-order valence-corrected chi connectivity index (χ3v) is 9.40. The highest BCUT2D eigenvalue weighted by molar-refractivity contribution is 7.89. The number of amides is 3.